The molecule has 0 fully saturated rings. The van der Waals surface area contributed by atoms with Gasteiger partial charge < -0.3 is 18.9 Å². The molecule has 8 heteroatoms. The van der Waals surface area contributed by atoms with Gasteiger partial charge in [-0.2, -0.15) is 0 Å². The molecule has 0 saturated heterocycles. The van der Waals surface area contributed by atoms with Crippen LogP contribution in [0, 0.1) is 0 Å². The number of para-hydroxylation sites is 4. The van der Waals surface area contributed by atoms with Crippen molar-refractivity contribution in [1.29, 1.82) is 0 Å². The number of thiazole rings is 1. The molecule has 178 valence electrons. The van der Waals surface area contributed by atoms with Crippen molar-refractivity contribution >= 4 is 33.4 Å². The molecule has 0 spiro atoms. The Bertz CT molecular complexity index is 1590. The second kappa shape index (κ2) is 10.1. The number of hydrogen-bond acceptors (Lipinski definition) is 7. The first-order chi connectivity index (χ1) is 17.2. The van der Waals surface area contributed by atoms with Crippen LogP contribution in [0.25, 0.3) is 22.1 Å². The van der Waals surface area contributed by atoms with Gasteiger partial charge in [-0.15, -0.1) is 0 Å². The molecule has 5 rings (SSSR count). The fourth-order valence-electron chi connectivity index (χ4n) is 3.81. The predicted molar refractivity (Wildman–Crippen MR) is 137 cm³/mol. The van der Waals surface area contributed by atoms with Gasteiger partial charge in [-0.3, -0.25) is 4.79 Å². The fourth-order valence-corrected chi connectivity index (χ4v) is 4.79. The maximum atomic E-state index is 13.0. The molecule has 0 atom stereocenters. The maximum absolute atomic E-state index is 13.0. The van der Waals surface area contributed by atoms with Crippen molar-refractivity contribution in [3.63, 3.8) is 0 Å². The minimum atomic E-state index is -0.0783. The van der Waals surface area contributed by atoms with Crippen molar-refractivity contribution in [3.8, 4) is 23.0 Å². The van der Waals surface area contributed by atoms with Crippen LogP contribution in [0.15, 0.2) is 71.5 Å². The van der Waals surface area contributed by atoms with Gasteiger partial charge in [0.15, 0.2) is 28.0 Å². The molecule has 0 aliphatic carbocycles. The molecular formula is C27H24N2O5S. The third-order valence-electron chi connectivity index (χ3n) is 5.38. The lowest BCUT2D eigenvalue weighted by Crippen LogP contribution is -2.22. The highest BCUT2D eigenvalue weighted by Crippen LogP contribution is 2.29. The van der Waals surface area contributed by atoms with Crippen molar-refractivity contribution < 1.29 is 18.9 Å². The lowest BCUT2D eigenvalue weighted by atomic mass is 10.2. The van der Waals surface area contributed by atoms with Crippen molar-refractivity contribution in [1.82, 2.24) is 9.38 Å². The quantitative estimate of drug-likeness (QED) is 0.288. The van der Waals surface area contributed by atoms with Crippen LogP contribution in [-0.4, -0.2) is 36.3 Å². The minimum absolute atomic E-state index is 0.0783. The second-order valence-electron chi connectivity index (χ2n) is 7.62. The van der Waals surface area contributed by atoms with E-state index >= 15 is 0 Å². The van der Waals surface area contributed by atoms with Crippen LogP contribution in [0.3, 0.4) is 0 Å². The molecule has 0 bridgehead atoms. The first-order valence-corrected chi connectivity index (χ1v) is 12.1. The molecule has 5 aromatic rings. The summed E-state index contributed by atoms with van der Waals surface area (Å²) in [6.45, 7) is 3.09. The third-order valence-corrected chi connectivity index (χ3v) is 6.35. The maximum Gasteiger partial charge on any atom is 0.274 e. The van der Waals surface area contributed by atoms with Crippen LogP contribution in [0.5, 0.6) is 23.0 Å². The average Bonchev–Trinajstić information content (AvgIpc) is 3.39. The standard InChI is InChI=1S/C27H24N2O5S/c1-3-32-24-16-18(12-13-23(24)34-15-14-33-22-11-7-6-10-21(22)31-2)17-25-26(30)29-20-9-5-4-8-19(20)28-27(29)35-25/h4-13,16-17H,3,14-15H2,1-2H3. The molecule has 0 aliphatic heterocycles. The van der Waals surface area contributed by atoms with Gasteiger partial charge in [-0.25, -0.2) is 9.38 Å². The van der Waals surface area contributed by atoms with E-state index in [1.807, 2.05) is 79.7 Å². The predicted octanol–water partition coefficient (Wildman–Crippen LogP) is 4.32. The van der Waals surface area contributed by atoms with Crippen LogP contribution < -0.4 is 29.0 Å². The Morgan fingerprint density at radius 2 is 1.60 bits per heavy atom. The third kappa shape index (κ3) is 4.65. The molecule has 0 saturated carbocycles. The molecule has 3 aromatic carbocycles. The van der Waals surface area contributed by atoms with Gasteiger partial charge in [-0.05, 0) is 55.0 Å². The van der Waals surface area contributed by atoms with Gasteiger partial charge in [0, 0.05) is 0 Å². The normalized spacial score (nSPS) is 11.8. The largest absolute Gasteiger partial charge is 0.493 e. The van der Waals surface area contributed by atoms with Crippen LogP contribution in [-0.2, 0) is 0 Å². The number of nitrogens with zero attached hydrogens (tertiary/aromatic N) is 2. The fraction of sp³-hybridized carbons (Fsp3) is 0.185. The number of rotatable bonds is 9. The zero-order chi connectivity index (χ0) is 24.2. The van der Waals surface area contributed by atoms with E-state index in [1.54, 1.807) is 11.5 Å². The molecule has 2 aromatic heterocycles. The van der Waals surface area contributed by atoms with E-state index in [2.05, 4.69) is 4.98 Å². The van der Waals surface area contributed by atoms with Crippen molar-refractivity contribution in [3.05, 3.63) is 87.2 Å². The van der Waals surface area contributed by atoms with Gasteiger partial charge >= 0.3 is 0 Å². The van der Waals surface area contributed by atoms with Crippen LogP contribution >= 0.6 is 11.3 Å². The Labute approximate surface area is 205 Å². The number of hydrogen-bond donors (Lipinski definition) is 0. The zero-order valence-electron chi connectivity index (χ0n) is 19.4. The average molecular weight is 489 g/mol. The first-order valence-electron chi connectivity index (χ1n) is 11.2. The van der Waals surface area contributed by atoms with E-state index in [0.717, 1.165) is 16.6 Å². The van der Waals surface area contributed by atoms with Crippen LogP contribution in [0.4, 0.5) is 0 Å². The van der Waals surface area contributed by atoms with Crippen LogP contribution in [0.1, 0.15) is 12.5 Å². The van der Waals surface area contributed by atoms with E-state index in [0.29, 0.717) is 52.3 Å². The number of imidazole rings is 1. The lowest BCUT2D eigenvalue weighted by Gasteiger charge is -2.14. The lowest BCUT2D eigenvalue weighted by molar-refractivity contribution is 0.203. The summed E-state index contributed by atoms with van der Waals surface area (Å²) >= 11 is 1.37. The first kappa shape index (κ1) is 22.7. The molecular weight excluding hydrogens is 464 g/mol. The second-order valence-corrected chi connectivity index (χ2v) is 8.63. The number of ether oxygens (including phenoxy) is 4. The van der Waals surface area contributed by atoms with E-state index in [1.165, 1.54) is 11.3 Å². The molecule has 2 heterocycles. The van der Waals surface area contributed by atoms with Crippen molar-refractivity contribution in [2.24, 2.45) is 0 Å². The summed E-state index contributed by atoms with van der Waals surface area (Å²) in [7, 11) is 1.61. The summed E-state index contributed by atoms with van der Waals surface area (Å²) in [6, 6.07) is 20.7. The molecule has 0 N–H and O–H groups in total. The summed E-state index contributed by atoms with van der Waals surface area (Å²) < 4.78 is 25.1. The van der Waals surface area contributed by atoms with E-state index < -0.39 is 0 Å². The van der Waals surface area contributed by atoms with Crippen molar-refractivity contribution in [2.45, 2.75) is 6.92 Å². The highest BCUT2D eigenvalue weighted by molar-refractivity contribution is 7.15. The van der Waals surface area contributed by atoms with Gasteiger partial charge in [0.25, 0.3) is 5.56 Å². The van der Waals surface area contributed by atoms with Gasteiger partial charge in [0.1, 0.15) is 13.2 Å². The molecule has 7 nitrogen and oxygen atoms in total. The van der Waals surface area contributed by atoms with Gasteiger partial charge in [-0.1, -0.05) is 41.7 Å². The molecule has 0 radical (unpaired) electrons. The SMILES string of the molecule is CCOc1cc(C=c2sc3nc4ccccc4n3c2=O)ccc1OCCOc1ccccc1OC. The van der Waals surface area contributed by atoms with E-state index in [4.69, 9.17) is 18.9 Å². The Morgan fingerprint density at radius 1 is 0.886 bits per heavy atom. The Kier molecular flexibility index (Phi) is 6.54. The van der Waals surface area contributed by atoms with Crippen molar-refractivity contribution in [2.75, 3.05) is 26.9 Å². The number of aromatic nitrogens is 2. The summed E-state index contributed by atoms with van der Waals surface area (Å²) in [5, 5.41) is 0. The smallest absolute Gasteiger partial charge is 0.274 e. The monoisotopic (exact) mass is 488 g/mol. The molecule has 35 heavy (non-hydrogen) atoms. The van der Waals surface area contributed by atoms with Crippen LogP contribution in [0.2, 0.25) is 0 Å². The number of benzene rings is 3. The van der Waals surface area contributed by atoms with E-state index in [-0.39, 0.29) is 5.56 Å². The van der Waals surface area contributed by atoms with Gasteiger partial charge in [0.05, 0.1) is 29.3 Å². The minimum Gasteiger partial charge on any atom is -0.493 e. The number of methoxy groups -OCH3 is 1. The Balaban J connectivity index is 1.35. The van der Waals surface area contributed by atoms with E-state index in [9.17, 15) is 4.79 Å². The molecule has 0 aliphatic rings. The summed E-state index contributed by atoms with van der Waals surface area (Å²) in [5.74, 6) is 2.56. The summed E-state index contributed by atoms with van der Waals surface area (Å²) in [5.41, 5.74) is 2.40. The highest BCUT2D eigenvalue weighted by Gasteiger charge is 2.12. The molecule has 0 amide bonds. The Morgan fingerprint density at radius 3 is 2.37 bits per heavy atom. The highest BCUT2D eigenvalue weighted by atomic mass is 32.1. The molecule has 0 unspecified atom stereocenters. The number of fused-ring (bicyclic) bond motifs is 3. The summed E-state index contributed by atoms with van der Waals surface area (Å²) in [6.07, 6.45) is 1.85. The van der Waals surface area contributed by atoms with Gasteiger partial charge in [0.2, 0.25) is 0 Å². The summed E-state index contributed by atoms with van der Waals surface area (Å²) in [4.78, 5) is 18.3. The topological polar surface area (TPSA) is 71.3 Å². The zero-order valence-corrected chi connectivity index (χ0v) is 20.2. The Hall–Kier alpha value is -4.04.